The van der Waals surface area contributed by atoms with Gasteiger partial charge < -0.3 is 5.11 Å². The van der Waals surface area contributed by atoms with Crippen molar-refractivity contribution in [2.75, 3.05) is 7.05 Å². The van der Waals surface area contributed by atoms with Gasteiger partial charge in [-0.25, -0.2) is 8.57 Å². The molecule has 1 aromatic carbocycles. The summed E-state index contributed by atoms with van der Waals surface area (Å²) in [5.74, 6) is 0.122. The van der Waals surface area contributed by atoms with Crippen molar-refractivity contribution >= 4 is 9.73 Å². The Labute approximate surface area is 116 Å². The van der Waals surface area contributed by atoms with Gasteiger partial charge in [0, 0.05) is 18.4 Å². The highest BCUT2D eigenvalue weighted by Gasteiger charge is 2.16. The van der Waals surface area contributed by atoms with Crippen molar-refractivity contribution in [3.05, 3.63) is 41.8 Å². The van der Waals surface area contributed by atoms with Crippen LogP contribution in [0.5, 0.6) is 0 Å². The molecule has 0 saturated heterocycles. The van der Waals surface area contributed by atoms with E-state index in [4.69, 9.17) is 0 Å². The minimum absolute atomic E-state index is 0.0497. The third-order valence-corrected chi connectivity index (χ3v) is 5.16. The van der Waals surface area contributed by atoms with Crippen molar-refractivity contribution in [3.63, 3.8) is 0 Å². The summed E-state index contributed by atoms with van der Waals surface area (Å²) in [6.45, 7) is 5.85. The van der Waals surface area contributed by atoms with Crippen LogP contribution in [-0.2, 0) is 9.73 Å². The van der Waals surface area contributed by atoms with Gasteiger partial charge >= 0.3 is 0 Å². The van der Waals surface area contributed by atoms with Gasteiger partial charge in [-0.05, 0) is 18.1 Å². The van der Waals surface area contributed by atoms with Gasteiger partial charge in [0.05, 0.1) is 20.7 Å². The van der Waals surface area contributed by atoms with E-state index >= 15 is 0 Å². The van der Waals surface area contributed by atoms with E-state index in [0.717, 1.165) is 0 Å². The zero-order valence-corrected chi connectivity index (χ0v) is 12.8. The minimum atomic E-state index is -2.53. The Morgan fingerprint density at radius 2 is 1.79 bits per heavy atom. The molecule has 0 bridgehead atoms. The van der Waals surface area contributed by atoms with Crippen LogP contribution in [0.15, 0.2) is 51.1 Å². The van der Waals surface area contributed by atoms with Crippen LogP contribution >= 0.6 is 0 Å². The van der Waals surface area contributed by atoms with E-state index in [9.17, 15) is 9.32 Å². The molecule has 0 radical (unpaired) electrons. The molecule has 0 heterocycles. The molecular weight excluding hydrogens is 258 g/mol. The molecule has 1 rings (SSSR count). The van der Waals surface area contributed by atoms with Crippen LogP contribution in [0.4, 0.5) is 0 Å². The Morgan fingerprint density at radius 3 is 2.26 bits per heavy atom. The molecule has 1 unspecified atom stereocenters. The third-order valence-electron chi connectivity index (χ3n) is 3.14. The summed E-state index contributed by atoms with van der Waals surface area (Å²) >= 11 is 0. The molecule has 0 saturated carbocycles. The number of aliphatic hydroxyl groups excluding tert-OH is 1. The van der Waals surface area contributed by atoms with Gasteiger partial charge in [0.15, 0.2) is 0 Å². The molecular formula is C15H23NO2S. The lowest BCUT2D eigenvalue weighted by Gasteiger charge is -2.19. The van der Waals surface area contributed by atoms with E-state index in [1.807, 2.05) is 51.1 Å². The van der Waals surface area contributed by atoms with Crippen LogP contribution in [0.2, 0.25) is 0 Å². The molecule has 0 fully saturated rings. The minimum Gasteiger partial charge on any atom is -0.392 e. The second kappa shape index (κ2) is 6.87. The first-order chi connectivity index (χ1) is 8.90. The first-order valence-electron chi connectivity index (χ1n) is 6.47. The molecule has 1 aromatic rings. The lowest BCUT2D eigenvalue weighted by atomic mass is 9.95. The Balaban J connectivity index is 2.99. The molecule has 0 aliphatic rings. The number of rotatable bonds is 5. The normalized spacial score (nSPS) is 18.2. The number of hydrogen-bond donors (Lipinski definition) is 1. The van der Waals surface area contributed by atoms with Gasteiger partial charge in [0.2, 0.25) is 0 Å². The number of hydrogen-bond acceptors (Lipinski definition) is 3. The summed E-state index contributed by atoms with van der Waals surface area (Å²) in [6, 6.07) is 9.20. The van der Waals surface area contributed by atoms with Gasteiger partial charge in [-0.3, -0.25) is 0 Å². The van der Waals surface area contributed by atoms with Crippen molar-refractivity contribution in [2.45, 2.75) is 31.8 Å². The van der Waals surface area contributed by atoms with Gasteiger partial charge in [-0.2, -0.15) is 0 Å². The fourth-order valence-corrected chi connectivity index (χ4v) is 3.31. The molecule has 4 heteroatoms. The number of benzene rings is 1. The molecule has 106 valence electrons. The van der Waals surface area contributed by atoms with E-state index in [0.29, 0.717) is 4.90 Å². The Morgan fingerprint density at radius 1 is 1.21 bits per heavy atom. The number of aliphatic hydroxyl groups is 1. The molecule has 3 nitrogen and oxygen atoms in total. The van der Waals surface area contributed by atoms with Crippen molar-refractivity contribution in [2.24, 2.45) is 16.2 Å². The monoisotopic (exact) mass is 281 g/mol. The van der Waals surface area contributed by atoms with E-state index in [2.05, 4.69) is 4.36 Å². The Hall–Kier alpha value is -1.13. The van der Waals surface area contributed by atoms with Crippen LogP contribution in [-0.4, -0.2) is 22.5 Å². The predicted molar refractivity (Wildman–Crippen MR) is 80.4 cm³/mol. The molecule has 0 aliphatic carbocycles. The summed E-state index contributed by atoms with van der Waals surface area (Å²) in [5.41, 5.74) is 0. The summed E-state index contributed by atoms with van der Waals surface area (Å²) in [7, 11) is -0.968. The quantitative estimate of drug-likeness (QED) is 0.900. The summed E-state index contributed by atoms with van der Waals surface area (Å²) in [5, 5.41) is 11.6. The highest BCUT2D eigenvalue weighted by molar-refractivity contribution is 7.96. The van der Waals surface area contributed by atoms with Crippen LogP contribution in [0.25, 0.3) is 0 Å². The van der Waals surface area contributed by atoms with Crippen molar-refractivity contribution in [1.29, 1.82) is 0 Å². The Kier molecular flexibility index (Phi) is 5.76. The molecule has 0 amide bonds. The van der Waals surface area contributed by atoms with Crippen molar-refractivity contribution in [3.8, 4) is 0 Å². The van der Waals surface area contributed by atoms with Crippen molar-refractivity contribution < 1.29 is 9.32 Å². The highest BCUT2D eigenvalue weighted by atomic mass is 32.2. The largest absolute Gasteiger partial charge is 0.392 e. The smallest absolute Gasteiger partial charge is 0.0963 e. The molecule has 1 N–H and O–H groups in total. The van der Waals surface area contributed by atoms with Gasteiger partial charge in [0.25, 0.3) is 0 Å². The zero-order valence-electron chi connectivity index (χ0n) is 12.0. The average molecular weight is 281 g/mol. The topological polar surface area (TPSA) is 49.7 Å². The molecule has 19 heavy (non-hydrogen) atoms. The maximum atomic E-state index is 12.7. The lowest BCUT2D eigenvalue weighted by Crippen LogP contribution is -2.22. The van der Waals surface area contributed by atoms with Crippen molar-refractivity contribution in [1.82, 2.24) is 0 Å². The highest BCUT2D eigenvalue weighted by Crippen LogP contribution is 2.18. The number of nitrogens with zero attached hydrogens (tertiary/aromatic N) is 1. The second-order valence-corrected chi connectivity index (χ2v) is 7.23. The van der Waals surface area contributed by atoms with Crippen LogP contribution in [0.3, 0.4) is 0 Å². The van der Waals surface area contributed by atoms with E-state index < -0.39 is 15.8 Å². The molecule has 0 aliphatic heterocycles. The fraction of sp³-hybridized carbons (Fsp3) is 0.467. The zero-order chi connectivity index (χ0) is 14.5. The van der Waals surface area contributed by atoms with E-state index in [1.54, 1.807) is 18.5 Å². The first kappa shape index (κ1) is 15.9. The summed E-state index contributed by atoms with van der Waals surface area (Å²) < 4.78 is 16.7. The third kappa shape index (κ3) is 4.18. The maximum Gasteiger partial charge on any atom is 0.0963 e. The molecule has 3 atom stereocenters. The van der Waals surface area contributed by atoms with E-state index in [1.165, 1.54) is 0 Å². The summed E-state index contributed by atoms with van der Waals surface area (Å²) in [6.07, 6.45) is 1.36. The first-order valence-corrected chi connectivity index (χ1v) is 8.05. The van der Waals surface area contributed by atoms with Gasteiger partial charge in [-0.15, -0.1) is 0 Å². The fourth-order valence-electron chi connectivity index (χ4n) is 1.81. The summed E-state index contributed by atoms with van der Waals surface area (Å²) in [4.78, 5) is 0.694. The Bertz CT molecular complexity index is 528. The predicted octanol–water partition coefficient (Wildman–Crippen LogP) is 3.31. The lowest BCUT2D eigenvalue weighted by molar-refractivity contribution is 0.0912. The van der Waals surface area contributed by atoms with Gasteiger partial charge in [-0.1, -0.05) is 45.0 Å². The van der Waals surface area contributed by atoms with Gasteiger partial charge in [0.1, 0.15) is 0 Å². The average Bonchev–Trinajstić information content (AvgIpc) is 2.44. The molecule has 0 spiro atoms. The van der Waals surface area contributed by atoms with E-state index in [-0.39, 0.29) is 11.8 Å². The molecule has 0 aromatic heterocycles. The van der Waals surface area contributed by atoms with Crippen LogP contribution in [0, 0.1) is 11.8 Å². The van der Waals surface area contributed by atoms with Crippen LogP contribution < -0.4 is 0 Å². The van der Waals surface area contributed by atoms with Crippen LogP contribution in [0.1, 0.15) is 20.8 Å². The SMILES string of the molecule is CN=S(=O)(/C=C/[C@@H](C)[C@@H](O)C(C)C)c1ccccc1. The maximum absolute atomic E-state index is 12.7. The second-order valence-electron chi connectivity index (χ2n) is 4.99. The standard InChI is InChI=1S/C15H23NO2S/c1-12(2)15(17)13(3)10-11-19(18,16-4)14-8-6-5-7-9-14/h5-13,15,17H,1-4H3/b11-10+/t13-,15+,19?/m1/s1.